The molecular weight excluding hydrogens is 487 g/mol. The molecule has 1 atom stereocenters. The molecule has 0 aromatic heterocycles. The predicted octanol–water partition coefficient (Wildman–Crippen LogP) is 1.83. The summed E-state index contributed by atoms with van der Waals surface area (Å²) in [6.07, 6.45) is 0.486. The SMILES string of the molecule is CCNC(=NCCNC(=O)c1cccc(Br)c1)N1CC[C@@H](O)C1.I. The summed E-state index contributed by atoms with van der Waals surface area (Å²) in [6.45, 7) is 5.16. The summed E-state index contributed by atoms with van der Waals surface area (Å²) < 4.78 is 0.880. The smallest absolute Gasteiger partial charge is 0.251 e. The molecule has 0 bridgehead atoms. The lowest BCUT2D eigenvalue weighted by molar-refractivity contribution is 0.0954. The summed E-state index contributed by atoms with van der Waals surface area (Å²) in [7, 11) is 0. The molecule has 1 saturated heterocycles. The lowest BCUT2D eigenvalue weighted by Crippen LogP contribution is -2.41. The van der Waals surface area contributed by atoms with Crippen LogP contribution < -0.4 is 10.6 Å². The summed E-state index contributed by atoms with van der Waals surface area (Å²) >= 11 is 3.36. The minimum Gasteiger partial charge on any atom is -0.391 e. The van der Waals surface area contributed by atoms with Crippen LogP contribution >= 0.6 is 39.9 Å². The van der Waals surface area contributed by atoms with Gasteiger partial charge in [-0.25, -0.2) is 0 Å². The van der Waals surface area contributed by atoms with Crippen molar-refractivity contribution in [2.75, 3.05) is 32.7 Å². The highest BCUT2D eigenvalue weighted by Gasteiger charge is 2.22. The van der Waals surface area contributed by atoms with E-state index in [9.17, 15) is 9.90 Å². The Balaban J connectivity index is 0.00000288. The fraction of sp³-hybridized carbons (Fsp3) is 0.500. The van der Waals surface area contributed by atoms with E-state index in [-0.39, 0.29) is 36.0 Å². The Labute approximate surface area is 168 Å². The molecule has 134 valence electrons. The number of guanidine groups is 1. The van der Waals surface area contributed by atoms with Crippen LogP contribution in [0.25, 0.3) is 0 Å². The molecule has 3 N–H and O–H groups in total. The molecular formula is C16H24BrIN4O2. The number of rotatable bonds is 5. The van der Waals surface area contributed by atoms with Crippen molar-refractivity contribution in [3.8, 4) is 0 Å². The fourth-order valence-electron chi connectivity index (χ4n) is 2.42. The monoisotopic (exact) mass is 510 g/mol. The number of likely N-dealkylation sites (tertiary alicyclic amines) is 1. The molecule has 1 amide bonds. The number of hydrogen-bond donors (Lipinski definition) is 3. The van der Waals surface area contributed by atoms with Gasteiger partial charge < -0.3 is 20.6 Å². The summed E-state index contributed by atoms with van der Waals surface area (Å²) in [6, 6.07) is 7.28. The van der Waals surface area contributed by atoms with E-state index in [0.717, 1.165) is 29.9 Å². The van der Waals surface area contributed by atoms with Crippen LogP contribution in [0.5, 0.6) is 0 Å². The molecule has 8 heteroatoms. The average molecular weight is 511 g/mol. The number of aliphatic hydroxyl groups is 1. The summed E-state index contributed by atoms with van der Waals surface area (Å²) in [5.74, 6) is 0.684. The Kier molecular flexibility index (Phi) is 9.60. The van der Waals surface area contributed by atoms with Gasteiger partial charge in [-0.1, -0.05) is 22.0 Å². The van der Waals surface area contributed by atoms with Gasteiger partial charge >= 0.3 is 0 Å². The maximum Gasteiger partial charge on any atom is 0.251 e. The standard InChI is InChI=1S/C16H23BrN4O2.HI/c1-2-18-16(21-9-6-14(22)11-21)20-8-7-19-15(23)12-4-3-5-13(17)10-12;/h3-5,10,14,22H,2,6-9,11H2,1H3,(H,18,20)(H,19,23);1H/t14-;/m1./s1. The second kappa shape index (κ2) is 10.9. The van der Waals surface area contributed by atoms with Crippen LogP contribution in [0.15, 0.2) is 33.7 Å². The van der Waals surface area contributed by atoms with Crippen molar-refractivity contribution >= 4 is 51.8 Å². The van der Waals surface area contributed by atoms with Crippen molar-refractivity contribution < 1.29 is 9.90 Å². The van der Waals surface area contributed by atoms with Crippen molar-refractivity contribution in [2.24, 2.45) is 4.99 Å². The Bertz CT molecular complexity index is 571. The van der Waals surface area contributed by atoms with Crippen LogP contribution in [0.3, 0.4) is 0 Å². The number of nitrogens with zero attached hydrogens (tertiary/aromatic N) is 2. The van der Waals surface area contributed by atoms with E-state index in [1.54, 1.807) is 12.1 Å². The summed E-state index contributed by atoms with van der Waals surface area (Å²) in [5, 5.41) is 15.7. The molecule has 0 saturated carbocycles. The first kappa shape index (κ1) is 21.2. The van der Waals surface area contributed by atoms with E-state index < -0.39 is 0 Å². The molecule has 0 radical (unpaired) electrons. The van der Waals surface area contributed by atoms with Crippen LogP contribution in [-0.2, 0) is 0 Å². The molecule has 0 aliphatic carbocycles. The molecule has 1 aromatic rings. The molecule has 1 heterocycles. The van der Waals surface area contributed by atoms with Gasteiger partial charge in [0.25, 0.3) is 5.91 Å². The van der Waals surface area contributed by atoms with E-state index in [1.807, 2.05) is 24.0 Å². The quantitative estimate of drug-likeness (QED) is 0.244. The Morgan fingerprint density at radius 3 is 2.88 bits per heavy atom. The van der Waals surface area contributed by atoms with Gasteiger partial charge in [-0.2, -0.15) is 0 Å². The zero-order valence-electron chi connectivity index (χ0n) is 13.7. The first-order valence-corrected chi connectivity index (χ1v) is 8.64. The normalized spacial score (nSPS) is 17.4. The van der Waals surface area contributed by atoms with Gasteiger partial charge in [-0.05, 0) is 31.5 Å². The minimum absolute atomic E-state index is 0. The van der Waals surface area contributed by atoms with Crippen LogP contribution in [0, 0.1) is 0 Å². The van der Waals surface area contributed by atoms with Gasteiger partial charge in [0.05, 0.1) is 12.6 Å². The number of β-amino-alcohol motifs (C(OH)–C–C–N with tert-alkyl or cyclic N) is 1. The molecule has 0 spiro atoms. The first-order valence-electron chi connectivity index (χ1n) is 7.85. The highest BCUT2D eigenvalue weighted by Crippen LogP contribution is 2.11. The van der Waals surface area contributed by atoms with Gasteiger partial charge in [0.2, 0.25) is 0 Å². The van der Waals surface area contributed by atoms with Crippen molar-refractivity contribution in [1.82, 2.24) is 15.5 Å². The van der Waals surface area contributed by atoms with E-state index >= 15 is 0 Å². The molecule has 1 aliphatic rings. The molecule has 1 aromatic carbocycles. The van der Waals surface area contributed by atoms with Crippen molar-refractivity contribution in [2.45, 2.75) is 19.4 Å². The van der Waals surface area contributed by atoms with E-state index in [0.29, 0.717) is 25.2 Å². The Morgan fingerprint density at radius 2 is 2.25 bits per heavy atom. The van der Waals surface area contributed by atoms with Gasteiger partial charge in [-0.3, -0.25) is 9.79 Å². The lowest BCUT2D eigenvalue weighted by atomic mass is 10.2. The molecule has 6 nitrogen and oxygen atoms in total. The largest absolute Gasteiger partial charge is 0.391 e. The average Bonchev–Trinajstić information content (AvgIpc) is 2.96. The third kappa shape index (κ3) is 6.56. The summed E-state index contributed by atoms with van der Waals surface area (Å²) in [5.41, 5.74) is 0.623. The molecule has 1 fully saturated rings. The van der Waals surface area contributed by atoms with Crippen molar-refractivity contribution in [1.29, 1.82) is 0 Å². The van der Waals surface area contributed by atoms with E-state index in [2.05, 4.69) is 31.6 Å². The topological polar surface area (TPSA) is 77.0 Å². The number of nitrogens with one attached hydrogen (secondary N) is 2. The number of hydrogen-bond acceptors (Lipinski definition) is 3. The second-order valence-corrected chi connectivity index (χ2v) is 6.31. The fourth-order valence-corrected chi connectivity index (χ4v) is 2.82. The van der Waals surface area contributed by atoms with Crippen LogP contribution in [0.1, 0.15) is 23.7 Å². The zero-order valence-corrected chi connectivity index (χ0v) is 17.6. The number of benzene rings is 1. The maximum atomic E-state index is 12.0. The van der Waals surface area contributed by atoms with Gasteiger partial charge in [0.1, 0.15) is 0 Å². The molecule has 24 heavy (non-hydrogen) atoms. The number of aliphatic hydroxyl groups excluding tert-OH is 1. The van der Waals surface area contributed by atoms with Crippen molar-refractivity contribution in [3.63, 3.8) is 0 Å². The first-order chi connectivity index (χ1) is 11.1. The summed E-state index contributed by atoms with van der Waals surface area (Å²) in [4.78, 5) is 18.6. The third-order valence-electron chi connectivity index (χ3n) is 3.54. The van der Waals surface area contributed by atoms with Crippen molar-refractivity contribution in [3.05, 3.63) is 34.3 Å². The van der Waals surface area contributed by atoms with Crippen LogP contribution in [0.2, 0.25) is 0 Å². The van der Waals surface area contributed by atoms with Gasteiger partial charge in [0.15, 0.2) is 5.96 Å². The molecule has 2 rings (SSSR count). The number of halogens is 2. The van der Waals surface area contributed by atoms with E-state index in [1.165, 1.54) is 0 Å². The van der Waals surface area contributed by atoms with Crippen LogP contribution in [0.4, 0.5) is 0 Å². The minimum atomic E-state index is -0.282. The molecule has 1 aliphatic heterocycles. The van der Waals surface area contributed by atoms with Gasteiger partial charge in [-0.15, -0.1) is 24.0 Å². The number of aliphatic imine (C=N–C) groups is 1. The number of carbonyl (C=O) groups is 1. The zero-order chi connectivity index (χ0) is 16.7. The third-order valence-corrected chi connectivity index (χ3v) is 4.04. The number of amides is 1. The number of carbonyl (C=O) groups excluding carboxylic acids is 1. The highest BCUT2D eigenvalue weighted by molar-refractivity contribution is 14.0. The van der Waals surface area contributed by atoms with Gasteiger partial charge in [0, 0.05) is 36.2 Å². The Hall–Kier alpha value is -0.870. The predicted molar refractivity (Wildman–Crippen MR) is 110 cm³/mol. The lowest BCUT2D eigenvalue weighted by Gasteiger charge is -2.20. The molecule has 0 unspecified atom stereocenters. The maximum absolute atomic E-state index is 12.0. The Morgan fingerprint density at radius 1 is 1.46 bits per heavy atom. The van der Waals surface area contributed by atoms with Crippen LogP contribution in [-0.4, -0.2) is 60.7 Å². The highest BCUT2D eigenvalue weighted by atomic mass is 127. The second-order valence-electron chi connectivity index (χ2n) is 5.39. The van der Waals surface area contributed by atoms with E-state index in [4.69, 9.17) is 0 Å².